The molecule has 1 aromatic rings. The monoisotopic (exact) mass is 258 g/mol. The van der Waals surface area contributed by atoms with Crippen molar-refractivity contribution in [2.45, 2.75) is 12.5 Å². The summed E-state index contributed by atoms with van der Waals surface area (Å²) in [6, 6.07) is 2.85. The van der Waals surface area contributed by atoms with Crippen LogP contribution in [-0.2, 0) is 0 Å². The fourth-order valence-corrected chi connectivity index (χ4v) is 1.93. The van der Waals surface area contributed by atoms with Crippen LogP contribution < -0.4 is 0 Å². The number of hydrogen-bond donors (Lipinski definition) is 1. The van der Waals surface area contributed by atoms with Crippen molar-refractivity contribution in [2.75, 3.05) is 32.1 Å². The van der Waals surface area contributed by atoms with Crippen LogP contribution in [0.15, 0.2) is 18.3 Å². The summed E-state index contributed by atoms with van der Waals surface area (Å²) in [4.78, 5) is 6.04. The zero-order valence-corrected chi connectivity index (χ0v) is 11.1. The highest BCUT2D eigenvalue weighted by atomic mass is 32.2. The molecule has 0 saturated carbocycles. The van der Waals surface area contributed by atoms with Gasteiger partial charge in [0.15, 0.2) is 0 Å². The number of aromatic nitrogens is 1. The quantitative estimate of drug-likeness (QED) is 0.811. The Bertz CT molecular complexity index is 321. The zero-order valence-electron chi connectivity index (χ0n) is 10.3. The molecule has 0 aliphatic heterocycles. The van der Waals surface area contributed by atoms with Crippen LogP contribution in [0.5, 0.6) is 0 Å². The van der Waals surface area contributed by atoms with Gasteiger partial charge in [0.25, 0.3) is 0 Å². The number of pyridine rings is 1. The first-order chi connectivity index (χ1) is 8.13. The molecule has 3 nitrogen and oxygen atoms in total. The van der Waals surface area contributed by atoms with Crippen molar-refractivity contribution >= 4 is 11.8 Å². The molecule has 1 aromatic heterocycles. The van der Waals surface area contributed by atoms with E-state index in [0.29, 0.717) is 12.1 Å². The molecule has 1 heterocycles. The van der Waals surface area contributed by atoms with Crippen LogP contribution >= 0.6 is 11.8 Å². The molecule has 96 valence electrons. The Morgan fingerprint density at radius 2 is 2.24 bits per heavy atom. The minimum atomic E-state index is -0.618. The third-order valence-electron chi connectivity index (χ3n) is 2.55. The molecule has 1 unspecified atom stereocenters. The largest absolute Gasteiger partial charge is 0.387 e. The van der Waals surface area contributed by atoms with Crippen LogP contribution in [0, 0.1) is 5.82 Å². The SMILES string of the molecule is CSCCN(C)CCC(O)c1ccc(F)cn1. The van der Waals surface area contributed by atoms with E-state index in [2.05, 4.69) is 16.1 Å². The topological polar surface area (TPSA) is 36.4 Å². The number of aliphatic hydroxyl groups is 1. The highest BCUT2D eigenvalue weighted by Crippen LogP contribution is 2.14. The van der Waals surface area contributed by atoms with Gasteiger partial charge in [-0.2, -0.15) is 11.8 Å². The maximum atomic E-state index is 12.6. The molecule has 0 aliphatic rings. The van der Waals surface area contributed by atoms with E-state index in [1.54, 1.807) is 11.8 Å². The minimum Gasteiger partial charge on any atom is -0.387 e. The molecule has 0 amide bonds. The molecule has 1 N–H and O–H groups in total. The maximum absolute atomic E-state index is 12.6. The van der Waals surface area contributed by atoms with Crippen molar-refractivity contribution in [1.29, 1.82) is 0 Å². The molecule has 0 aromatic carbocycles. The Kier molecular flexibility index (Phi) is 6.47. The number of halogens is 1. The van der Waals surface area contributed by atoms with Crippen molar-refractivity contribution in [3.8, 4) is 0 Å². The van der Waals surface area contributed by atoms with Gasteiger partial charge in [-0.1, -0.05) is 0 Å². The van der Waals surface area contributed by atoms with Gasteiger partial charge in [-0.3, -0.25) is 4.98 Å². The first kappa shape index (κ1) is 14.4. The minimum absolute atomic E-state index is 0.377. The van der Waals surface area contributed by atoms with Crippen LogP contribution in [0.1, 0.15) is 18.2 Å². The number of aliphatic hydroxyl groups excluding tert-OH is 1. The van der Waals surface area contributed by atoms with Gasteiger partial charge in [0.2, 0.25) is 0 Å². The molecule has 0 spiro atoms. The van der Waals surface area contributed by atoms with Crippen molar-refractivity contribution in [1.82, 2.24) is 9.88 Å². The summed E-state index contributed by atoms with van der Waals surface area (Å²) in [6.45, 7) is 1.81. The second kappa shape index (κ2) is 7.63. The van der Waals surface area contributed by atoms with Crippen LogP contribution in [0.3, 0.4) is 0 Å². The smallest absolute Gasteiger partial charge is 0.141 e. The molecule has 1 rings (SSSR count). The van der Waals surface area contributed by atoms with E-state index in [9.17, 15) is 9.50 Å². The summed E-state index contributed by atoms with van der Waals surface area (Å²) in [5.74, 6) is 0.708. The summed E-state index contributed by atoms with van der Waals surface area (Å²) < 4.78 is 12.6. The molecule has 0 radical (unpaired) electrons. The van der Waals surface area contributed by atoms with Crippen molar-refractivity contribution in [3.63, 3.8) is 0 Å². The summed E-state index contributed by atoms with van der Waals surface area (Å²) in [5, 5.41) is 9.87. The number of thioether (sulfide) groups is 1. The molecule has 0 aliphatic carbocycles. The van der Waals surface area contributed by atoms with E-state index in [1.165, 1.54) is 12.1 Å². The predicted octanol–water partition coefficient (Wildman–Crippen LogP) is 1.94. The summed E-state index contributed by atoms with van der Waals surface area (Å²) >= 11 is 1.80. The van der Waals surface area contributed by atoms with Gasteiger partial charge in [0, 0.05) is 18.8 Å². The number of hydrogen-bond acceptors (Lipinski definition) is 4. The molecule has 17 heavy (non-hydrogen) atoms. The van der Waals surface area contributed by atoms with Crippen molar-refractivity contribution < 1.29 is 9.50 Å². The van der Waals surface area contributed by atoms with E-state index in [4.69, 9.17) is 0 Å². The maximum Gasteiger partial charge on any atom is 0.141 e. The Labute approximate surface area is 106 Å². The standard InChI is InChI=1S/C12H19FN2OS/c1-15(7-8-17-2)6-5-12(16)11-4-3-10(13)9-14-11/h3-4,9,12,16H,5-8H2,1-2H3. The molecular formula is C12H19FN2OS. The molecule has 0 bridgehead atoms. The second-order valence-electron chi connectivity index (χ2n) is 4.00. The Balaban J connectivity index is 2.34. The zero-order chi connectivity index (χ0) is 12.7. The first-order valence-electron chi connectivity index (χ1n) is 5.60. The van der Waals surface area contributed by atoms with E-state index in [-0.39, 0.29) is 5.82 Å². The summed E-state index contributed by atoms with van der Waals surface area (Å²) in [6.07, 6.45) is 3.21. The molecule has 0 saturated heterocycles. The normalized spacial score (nSPS) is 13.0. The lowest BCUT2D eigenvalue weighted by molar-refractivity contribution is 0.146. The number of nitrogens with zero attached hydrogens (tertiary/aromatic N) is 2. The van der Waals surface area contributed by atoms with Gasteiger partial charge >= 0.3 is 0 Å². The van der Waals surface area contributed by atoms with E-state index in [1.807, 2.05) is 7.05 Å². The molecule has 0 fully saturated rings. The van der Waals surface area contributed by atoms with Gasteiger partial charge in [0.05, 0.1) is 18.0 Å². The van der Waals surface area contributed by atoms with Gasteiger partial charge in [-0.15, -0.1) is 0 Å². The average Bonchev–Trinajstić information content (AvgIpc) is 2.34. The Morgan fingerprint density at radius 1 is 1.47 bits per heavy atom. The average molecular weight is 258 g/mol. The van der Waals surface area contributed by atoms with E-state index < -0.39 is 6.10 Å². The fourth-order valence-electron chi connectivity index (χ4n) is 1.43. The van der Waals surface area contributed by atoms with Gasteiger partial charge < -0.3 is 10.0 Å². The summed E-state index contributed by atoms with van der Waals surface area (Å²) in [7, 11) is 2.03. The highest BCUT2D eigenvalue weighted by Gasteiger charge is 2.10. The van der Waals surface area contributed by atoms with Crippen LogP contribution in [0.2, 0.25) is 0 Å². The van der Waals surface area contributed by atoms with E-state index >= 15 is 0 Å². The summed E-state index contributed by atoms with van der Waals surface area (Å²) in [5.41, 5.74) is 0.532. The highest BCUT2D eigenvalue weighted by molar-refractivity contribution is 7.98. The second-order valence-corrected chi connectivity index (χ2v) is 4.99. The van der Waals surface area contributed by atoms with Crippen molar-refractivity contribution in [3.05, 3.63) is 29.8 Å². The first-order valence-corrected chi connectivity index (χ1v) is 7.00. The van der Waals surface area contributed by atoms with Crippen molar-refractivity contribution in [2.24, 2.45) is 0 Å². The molecule has 5 heteroatoms. The van der Waals surface area contributed by atoms with Gasteiger partial charge in [-0.05, 0) is 31.9 Å². The fraction of sp³-hybridized carbons (Fsp3) is 0.583. The lowest BCUT2D eigenvalue weighted by Gasteiger charge is -2.18. The third-order valence-corrected chi connectivity index (χ3v) is 3.14. The lowest BCUT2D eigenvalue weighted by atomic mass is 10.1. The lowest BCUT2D eigenvalue weighted by Crippen LogP contribution is -2.24. The van der Waals surface area contributed by atoms with Gasteiger partial charge in [0.1, 0.15) is 5.82 Å². The molecular weight excluding hydrogens is 239 g/mol. The van der Waals surface area contributed by atoms with E-state index in [0.717, 1.165) is 25.0 Å². The van der Waals surface area contributed by atoms with Crippen LogP contribution in [0.25, 0.3) is 0 Å². The Hall–Kier alpha value is -0.650. The van der Waals surface area contributed by atoms with Gasteiger partial charge in [-0.25, -0.2) is 4.39 Å². The number of rotatable bonds is 7. The third kappa shape index (κ3) is 5.48. The predicted molar refractivity (Wildman–Crippen MR) is 69.7 cm³/mol. The Morgan fingerprint density at radius 3 is 2.82 bits per heavy atom. The molecule has 1 atom stereocenters. The van der Waals surface area contributed by atoms with Crippen LogP contribution in [-0.4, -0.2) is 47.1 Å². The van der Waals surface area contributed by atoms with Crippen LogP contribution in [0.4, 0.5) is 4.39 Å².